The van der Waals surface area contributed by atoms with E-state index >= 15 is 0 Å². The van der Waals surface area contributed by atoms with Crippen molar-refractivity contribution < 1.29 is 18.7 Å². The summed E-state index contributed by atoms with van der Waals surface area (Å²) in [6, 6.07) is 18.8. The number of methoxy groups -OCH3 is 1. The van der Waals surface area contributed by atoms with Gasteiger partial charge in [-0.15, -0.1) is 21.5 Å². The number of carbonyl (C=O) groups is 1. The fourth-order valence-electron chi connectivity index (χ4n) is 3.60. The summed E-state index contributed by atoms with van der Waals surface area (Å²) in [7, 11) is 1.60. The molecule has 1 N–H and O–H groups in total. The SMILES string of the molecule is CCOc1ccc(-c2csc(NC(=O)CSc3nnc(-c4ccco4)n3-c3ccccc3OC)n2)cc1. The third kappa shape index (κ3) is 5.52. The molecule has 0 aliphatic heterocycles. The van der Waals surface area contributed by atoms with E-state index in [4.69, 9.17) is 13.9 Å². The molecule has 0 fully saturated rings. The Morgan fingerprint density at radius 2 is 1.95 bits per heavy atom. The van der Waals surface area contributed by atoms with E-state index in [1.54, 1.807) is 19.4 Å². The average Bonchev–Trinajstić information content (AvgIpc) is 3.69. The first-order valence-corrected chi connectivity index (χ1v) is 13.3. The summed E-state index contributed by atoms with van der Waals surface area (Å²) in [5.41, 5.74) is 2.48. The lowest BCUT2D eigenvalue weighted by Gasteiger charge is -2.12. The maximum Gasteiger partial charge on any atom is 0.236 e. The molecule has 3 heterocycles. The normalized spacial score (nSPS) is 10.9. The van der Waals surface area contributed by atoms with Gasteiger partial charge in [0.25, 0.3) is 0 Å². The van der Waals surface area contributed by atoms with E-state index in [-0.39, 0.29) is 11.7 Å². The Bertz CT molecular complexity index is 1480. The molecule has 0 atom stereocenters. The van der Waals surface area contributed by atoms with Gasteiger partial charge < -0.3 is 19.2 Å². The van der Waals surface area contributed by atoms with Crippen molar-refractivity contribution in [3.8, 4) is 40.0 Å². The number of nitrogens with zero attached hydrogens (tertiary/aromatic N) is 4. The first kappa shape index (κ1) is 24.6. The quantitative estimate of drug-likeness (QED) is 0.225. The Kier molecular flexibility index (Phi) is 7.52. The number of nitrogens with one attached hydrogen (secondary N) is 1. The van der Waals surface area contributed by atoms with Crippen LogP contribution in [0.25, 0.3) is 28.5 Å². The number of furan rings is 1. The number of rotatable bonds is 10. The first-order chi connectivity index (χ1) is 18.2. The molecule has 5 aromatic rings. The van der Waals surface area contributed by atoms with Crippen LogP contribution in [-0.4, -0.2) is 45.1 Å². The van der Waals surface area contributed by atoms with Crippen molar-refractivity contribution in [1.82, 2.24) is 19.7 Å². The molecule has 0 aliphatic rings. The highest BCUT2D eigenvalue weighted by atomic mass is 32.2. The molecule has 0 aliphatic carbocycles. The lowest BCUT2D eigenvalue weighted by Crippen LogP contribution is -2.14. The number of ether oxygens (including phenoxy) is 2. The van der Waals surface area contributed by atoms with Gasteiger partial charge in [-0.25, -0.2) is 4.98 Å². The molecule has 0 saturated carbocycles. The number of hydrogen-bond acceptors (Lipinski definition) is 9. The van der Waals surface area contributed by atoms with Crippen LogP contribution >= 0.6 is 23.1 Å². The zero-order chi connectivity index (χ0) is 25.6. The van der Waals surface area contributed by atoms with Crippen LogP contribution < -0.4 is 14.8 Å². The van der Waals surface area contributed by atoms with Crippen LogP contribution in [0.3, 0.4) is 0 Å². The molecule has 2 aromatic carbocycles. The van der Waals surface area contributed by atoms with Crippen LogP contribution in [0.5, 0.6) is 11.5 Å². The molecule has 1 amide bonds. The zero-order valence-electron chi connectivity index (χ0n) is 20.1. The molecule has 0 bridgehead atoms. The Morgan fingerprint density at radius 3 is 2.70 bits per heavy atom. The molecule has 9 nitrogen and oxygen atoms in total. The predicted molar refractivity (Wildman–Crippen MR) is 144 cm³/mol. The number of amides is 1. The second-order valence-corrected chi connectivity index (χ2v) is 9.42. The molecule has 188 valence electrons. The van der Waals surface area contributed by atoms with Crippen molar-refractivity contribution in [2.75, 3.05) is 24.8 Å². The van der Waals surface area contributed by atoms with E-state index in [1.807, 2.05) is 71.5 Å². The lowest BCUT2D eigenvalue weighted by molar-refractivity contribution is -0.113. The van der Waals surface area contributed by atoms with Gasteiger partial charge in [0, 0.05) is 10.9 Å². The van der Waals surface area contributed by atoms with Crippen LogP contribution in [0.1, 0.15) is 6.92 Å². The maximum atomic E-state index is 12.8. The number of anilines is 1. The number of benzene rings is 2. The van der Waals surface area contributed by atoms with Crippen molar-refractivity contribution in [3.63, 3.8) is 0 Å². The fourth-order valence-corrected chi connectivity index (χ4v) is 5.08. The lowest BCUT2D eigenvalue weighted by atomic mass is 10.2. The second-order valence-electron chi connectivity index (χ2n) is 7.62. The number of carbonyl (C=O) groups excluding carboxylic acids is 1. The van der Waals surface area contributed by atoms with E-state index < -0.39 is 0 Å². The van der Waals surface area contributed by atoms with Gasteiger partial charge in [-0.1, -0.05) is 23.9 Å². The van der Waals surface area contributed by atoms with E-state index in [2.05, 4.69) is 20.5 Å². The summed E-state index contributed by atoms with van der Waals surface area (Å²) in [6.45, 7) is 2.56. The first-order valence-electron chi connectivity index (χ1n) is 11.4. The van der Waals surface area contributed by atoms with Crippen LogP contribution in [0.2, 0.25) is 0 Å². The molecule has 11 heteroatoms. The zero-order valence-corrected chi connectivity index (χ0v) is 21.7. The van der Waals surface area contributed by atoms with Crippen LogP contribution in [0.4, 0.5) is 5.13 Å². The van der Waals surface area contributed by atoms with Gasteiger partial charge in [0.15, 0.2) is 16.0 Å². The van der Waals surface area contributed by atoms with Gasteiger partial charge in [-0.3, -0.25) is 9.36 Å². The highest BCUT2D eigenvalue weighted by Crippen LogP contribution is 2.33. The van der Waals surface area contributed by atoms with Crippen molar-refractivity contribution in [1.29, 1.82) is 0 Å². The van der Waals surface area contributed by atoms with Crippen LogP contribution in [0.15, 0.2) is 81.9 Å². The summed E-state index contributed by atoms with van der Waals surface area (Å²) in [6.07, 6.45) is 1.58. The van der Waals surface area contributed by atoms with E-state index in [0.29, 0.717) is 34.2 Å². The molecular weight excluding hydrogens is 510 g/mol. The summed E-state index contributed by atoms with van der Waals surface area (Å²) in [5, 5.41) is 14.5. The Hall–Kier alpha value is -4.09. The number of para-hydroxylation sites is 2. The minimum atomic E-state index is -0.202. The second kappa shape index (κ2) is 11.3. The highest BCUT2D eigenvalue weighted by Gasteiger charge is 2.21. The Morgan fingerprint density at radius 1 is 1.11 bits per heavy atom. The standard InChI is InChI=1S/C26H23N5O4S2/c1-3-34-18-12-10-17(11-13-18)19-15-36-25(27-19)28-23(32)16-37-26-30-29-24(22-9-6-14-35-22)31(26)20-7-4-5-8-21(20)33-2/h4-15H,3,16H2,1-2H3,(H,27,28,32). The Balaban J connectivity index is 1.30. The molecular formula is C26H23N5O4S2. The maximum absolute atomic E-state index is 12.8. The minimum Gasteiger partial charge on any atom is -0.495 e. The van der Waals surface area contributed by atoms with E-state index in [1.165, 1.54) is 23.1 Å². The van der Waals surface area contributed by atoms with E-state index in [0.717, 1.165) is 22.7 Å². The third-order valence-electron chi connectivity index (χ3n) is 5.24. The molecule has 0 unspecified atom stereocenters. The van der Waals surface area contributed by atoms with Crippen LogP contribution in [0, 0.1) is 0 Å². The molecule has 0 radical (unpaired) electrons. The summed E-state index contributed by atoms with van der Waals surface area (Å²) in [5.74, 6) is 2.43. The summed E-state index contributed by atoms with van der Waals surface area (Å²) < 4.78 is 18.4. The smallest absolute Gasteiger partial charge is 0.236 e. The van der Waals surface area contributed by atoms with Crippen LogP contribution in [-0.2, 0) is 4.79 Å². The van der Waals surface area contributed by atoms with Gasteiger partial charge in [0.05, 0.1) is 37.1 Å². The third-order valence-corrected chi connectivity index (χ3v) is 6.93. The number of aromatic nitrogens is 4. The molecule has 37 heavy (non-hydrogen) atoms. The number of hydrogen-bond donors (Lipinski definition) is 1. The highest BCUT2D eigenvalue weighted by molar-refractivity contribution is 7.99. The van der Waals surface area contributed by atoms with Crippen molar-refractivity contribution in [2.45, 2.75) is 12.1 Å². The molecule has 0 saturated heterocycles. The van der Waals surface area contributed by atoms with Gasteiger partial charge in [-0.05, 0) is 55.5 Å². The van der Waals surface area contributed by atoms with Gasteiger partial charge in [0.2, 0.25) is 11.7 Å². The van der Waals surface area contributed by atoms with Crippen molar-refractivity contribution in [2.24, 2.45) is 0 Å². The topological polar surface area (TPSA) is 104 Å². The monoisotopic (exact) mass is 533 g/mol. The fraction of sp³-hybridized carbons (Fsp3) is 0.154. The average molecular weight is 534 g/mol. The van der Waals surface area contributed by atoms with Gasteiger partial charge in [-0.2, -0.15) is 0 Å². The number of thioether (sulfide) groups is 1. The minimum absolute atomic E-state index is 0.114. The largest absolute Gasteiger partial charge is 0.495 e. The van der Waals surface area contributed by atoms with E-state index in [9.17, 15) is 4.79 Å². The van der Waals surface area contributed by atoms with Crippen molar-refractivity contribution in [3.05, 3.63) is 72.3 Å². The van der Waals surface area contributed by atoms with Gasteiger partial charge >= 0.3 is 0 Å². The predicted octanol–water partition coefficient (Wildman–Crippen LogP) is 5.79. The summed E-state index contributed by atoms with van der Waals surface area (Å²) in [4.78, 5) is 17.3. The Labute approximate surface area is 221 Å². The summed E-state index contributed by atoms with van der Waals surface area (Å²) >= 11 is 2.63. The molecule has 0 spiro atoms. The van der Waals surface area contributed by atoms with Gasteiger partial charge in [0.1, 0.15) is 11.5 Å². The van der Waals surface area contributed by atoms with Crippen molar-refractivity contribution >= 4 is 34.1 Å². The molecule has 3 aromatic heterocycles. The molecule has 5 rings (SSSR count). The number of thiazole rings is 1.